The van der Waals surface area contributed by atoms with Gasteiger partial charge in [0.2, 0.25) is 5.95 Å². The van der Waals surface area contributed by atoms with Crippen LogP contribution in [0.15, 0.2) is 188 Å². The van der Waals surface area contributed by atoms with Gasteiger partial charge < -0.3 is 0 Å². The molecule has 280 valence electrons. The Morgan fingerprint density at radius 3 is 1.27 bits per heavy atom. The Balaban J connectivity index is 1.21. The van der Waals surface area contributed by atoms with E-state index < -0.39 is 0 Å². The molecule has 0 bridgehead atoms. The van der Waals surface area contributed by atoms with Crippen molar-refractivity contribution in [3.05, 3.63) is 188 Å². The molecule has 8 heteroatoms. The number of benzene rings is 8. The van der Waals surface area contributed by atoms with E-state index in [0.717, 1.165) is 55.0 Å². The molecule has 4 aromatic heterocycles. The molecule has 0 unspecified atom stereocenters. The Morgan fingerprint density at radius 1 is 0.333 bits per heavy atom. The Bertz CT molecular complexity index is 3470. The largest absolute Gasteiger partial charge is 0.276 e. The van der Waals surface area contributed by atoms with Gasteiger partial charge in [-0.1, -0.05) is 164 Å². The van der Waals surface area contributed by atoms with Crippen molar-refractivity contribution in [1.82, 2.24) is 34.5 Å². The van der Waals surface area contributed by atoms with Gasteiger partial charge >= 0.3 is 0 Å². The summed E-state index contributed by atoms with van der Waals surface area (Å²) in [6.45, 7) is 0. The predicted molar refractivity (Wildman–Crippen MR) is 245 cm³/mol. The Kier molecular flexibility index (Phi) is 7.89. The SMILES string of the molecule is c1ccc(-c2nc(-c3ccccc3)nc(-c3ccc4c(c3)c3c5ccccc5c5c6ccccc6sc5c3n4-c3nc(-c4ccccc4)nc(-c4ccccc4)n3)n2)cc1. The summed E-state index contributed by atoms with van der Waals surface area (Å²) in [4.78, 5) is 30.9. The van der Waals surface area contributed by atoms with Crippen LogP contribution in [-0.2, 0) is 0 Å². The van der Waals surface area contributed by atoms with Crippen molar-refractivity contribution in [3.8, 4) is 62.9 Å². The van der Waals surface area contributed by atoms with Crippen molar-refractivity contribution in [2.24, 2.45) is 0 Å². The van der Waals surface area contributed by atoms with Crippen LogP contribution in [0.4, 0.5) is 0 Å². The van der Waals surface area contributed by atoms with E-state index in [1.54, 1.807) is 11.3 Å². The summed E-state index contributed by atoms with van der Waals surface area (Å²) in [6.07, 6.45) is 0. The fourth-order valence-electron chi connectivity index (χ4n) is 8.36. The minimum absolute atomic E-state index is 0.544. The molecule has 12 rings (SSSR count). The molecule has 4 heterocycles. The van der Waals surface area contributed by atoms with E-state index in [4.69, 9.17) is 29.9 Å². The third-order valence-electron chi connectivity index (χ3n) is 11.1. The van der Waals surface area contributed by atoms with E-state index in [9.17, 15) is 0 Å². The third kappa shape index (κ3) is 5.57. The Labute approximate surface area is 348 Å². The van der Waals surface area contributed by atoms with Crippen molar-refractivity contribution >= 4 is 64.1 Å². The second-order valence-corrected chi connectivity index (χ2v) is 15.7. The monoisotopic (exact) mass is 785 g/mol. The minimum Gasteiger partial charge on any atom is -0.276 e. The van der Waals surface area contributed by atoms with Crippen molar-refractivity contribution in [2.75, 3.05) is 0 Å². The molecule has 0 aliphatic rings. The molecule has 12 aromatic rings. The molecule has 0 saturated heterocycles. The maximum atomic E-state index is 5.30. The van der Waals surface area contributed by atoms with Crippen molar-refractivity contribution in [3.63, 3.8) is 0 Å². The molecule has 0 spiro atoms. The molecule has 0 aliphatic carbocycles. The molecule has 8 aromatic carbocycles. The zero-order valence-corrected chi connectivity index (χ0v) is 32.8. The van der Waals surface area contributed by atoms with Gasteiger partial charge in [-0.25, -0.2) is 19.9 Å². The van der Waals surface area contributed by atoms with E-state index in [1.807, 2.05) is 121 Å². The highest BCUT2D eigenvalue weighted by atomic mass is 32.1. The van der Waals surface area contributed by atoms with Crippen molar-refractivity contribution in [1.29, 1.82) is 0 Å². The normalized spacial score (nSPS) is 11.7. The van der Waals surface area contributed by atoms with Gasteiger partial charge in [0.1, 0.15) is 0 Å². The first kappa shape index (κ1) is 34.1. The molecule has 7 nitrogen and oxygen atoms in total. The fraction of sp³-hybridized carbons (Fsp3) is 0. The molecule has 0 atom stereocenters. The average molecular weight is 786 g/mol. The second-order valence-electron chi connectivity index (χ2n) is 14.7. The molecule has 0 saturated carbocycles. The molecule has 0 N–H and O–H groups in total. The van der Waals surface area contributed by atoms with E-state index >= 15 is 0 Å². The number of aromatic nitrogens is 7. The highest BCUT2D eigenvalue weighted by Gasteiger charge is 2.25. The summed E-state index contributed by atoms with van der Waals surface area (Å²) < 4.78 is 4.64. The highest BCUT2D eigenvalue weighted by Crippen LogP contribution is 2.48. The van der Waals surface area contributed by atoms with E-state index in [0.29, 0.717) is 35.1 Å². The molecular formula is C52H31N7S. The van der Waals surface area contributed by atoms with Crippen LogP contribution in [0.3, 0.4) is 0 Å². The molecule has 0 radical (unpaired) electrons. The zero-order chi connectivity index (χ0) is 39.6. The lowest BCUT2D eigenvalue weighted by molar-refractivity contribution is 0.955. The van der Waals surface area contributed by atoms with E-state index in [-0.39, 0.29) is 0 Å². The van der Waals surface area contributed by atoms with Crippen LogP contribution >= 0.6 is 11.3 Å². The summed E-state index contributed by atoms with van der Waals surface area (Å²) in [6, 6.07) is 64.4. The van der Waals surface area contributed by atoms with Crippen LogP contribution in [0, 0.1) is 0 Å². The lowest BCUT2D eigenvalue weighted by Crippen LogP contribution is -2.06. The van der Waals surface area contributed by atoms with E-state index in [2.05, 4.69) is 71.3 Å². The molecule has 0 amide bonds. The first-order valence-electron chi connectivity index (χ1n) is 19.8. The third-order valence-corrected chi connectivity index (χ3v) is 12.3. The molecular weight excluding hydrogens is 755 g/mol. The number of hydrogen-bond acceptors (Lipinski definition) is 7. The quantitative estimate of drug-likeness (QED) is 0.167. The summed E-state index contributed by atoms with van der Waals surface area (Å²) in [5.41, 5.74) is 6.57. The summed E-state index contributed by atoms with van der Waals surface area (Å²) in [5, 5.41) is 6.96. The fourth-order valence-corrected chi connectivity index (χ4v) is 9.62. The predicted octanol–water partition coefficient (Wildman–Crippen LogP) is 13.0. The van der Waals surface area contributed by atoms with Gasteiger partial charge in [0.15, 0.2) is 29.1 Å². The average Bonchev–Trinajstić information content (AvgIpc) is 3.89. The highest BCUT2D eigenvalue weighted by molar-refractivity contribution is 7.27. The van der Waals surface area contributed by atoms with Gasteiger partial charge in [0.05, 0.1) is 15.7 Å². The lowest BCUT2D eigenvalue weighted by Gasteiger charge is -2.12. The Morgan fingerprint density at radius 2 is 0.750 bits per heavy atom. The van der Waals surface area contributed by atoms with Gasteiger partial charge in [0.25, 0.3) is 0 Å². The number of hydrogen-bond donors (Lipinski definition) is 0. The van der Waals surface area contributed by atoms with Gasteiger partial charge in [-0.2, -0.15) is 9.97 Å². The van der Waals surface area contributed by atoms with Crippen LogP contribution in [0.25, 0.3) is 116 Å². The second kappa shape index (κ2) is 13.9. The minimum atomic E-state index is 0.544. The van der Waals surface area contributed by atoms with E-state index in [1.165, 1.54) is 25.6 Å². The first-order valence-corrected chi connectivity index (χ1v) is 20.6. The van der Waals surface area contributed by atoms with Gasteiger partial charge in [-0.05, 0) is 35.0 Å². The lowest BCUT2D eigenvalue weighted by atomic mass is 9.98. The molecule has 0 aliphatic heterocycles. The molecule has 0 fully saturated rings. The van der Waals surface area contributed by atoms with Crippen LogP contribution in [0.5, 0.6) is 0 Å². The number of nitrogens with zero attached hydrogens (tertiary/aromatic N) is 7. The Hall–Kier alpha value is -7.94. The number of fused-ring (bicyclic) bond motifs is 10. The summed E-state index contributed by atoms with van der Waals surface area (Å²) in [5.74, 6) is 3.58. The van der Waals surface area contributed by atoms with Crippen LogP contribution < -0.4 is 0 Å². The van der Waals surface area contributed by atoms with Gasteiger partial charge in [-0.15, -0.1) is 11.3 Å². The van der Waals surface area contributed by atoms with Gasteiger partial charge in [-0.3, -0.25) is 4.57 Å². The van der Waals surface area contributed by atoms with Crippen LogP contribution in [0.2, 0.25) is 0 Å². The standard InChI is InChI=1S/C52H31N7S/c1-5-17-32(18-6-1)47-53-48(33-19-7-2-8-20-33)55-51(54-47)36-29-30-41-40(31-36)43-37-25-13-14-26-38(37)44-39-27-15-16-28-42(39)60-46(44)45(43)59(41)52-57-49(34-21-9-3-10-22-34)56-50(58-52)35-23-11-4-12-24-35/h1-31H. The first-order chi connectivity index (χ1) is 29.7. The van der Waals surface area contributed by atoms with Crippen molar-refractivity contribution < 1.29 is 0 Å². The van der Waals surface area contributed by atoms with Gasteiger partial charge in [0, 0.05) is 54.1 Å². The summed E-state index contributed by atoms with van der Waals surface area (Å²) in [7, 11) is 0. The van der Waals surface area contributed by atoms with Crippen LogP contribution in [0.1, 0.15) is 0 Å². The maximum absolute atomic E-state index is 5.30. The topological polar surface area (TPSA) is 82.3 Å². The molecule has 60 heavy (non-hydrogen) atoms. The maximum Gasteiger partial charge on any atom is 0.238 e. The number of thiophene rings is 1. The zero-order valence-electron chi connectivity index (χ0n) is 31.9. The van der Waals surface area contributed by atoms with Crippen molar-refractivity contribution in [2.45, 2.75) is 0 Å². The smallest absolute Gasteiger partial charge is 0.238 e. The number of rotatable bonds is 6. The summed E-state index contributed by atoms with van der Waals surface area (Å²) >= 11 is 1.81. The van der Waals surface area contributed by atoms with Crippen LogP contribution in [-0.4, -0.2) is 34.5 Å².